The summed E-state index contributed by atoms with van der Waals surface area (Å²) in [4.78, 5) is 14.0. The molecule has 2 N–H and O–H groups in total. The van der Waals surface area contributed by atoms with Crippen molar-refractivity contribution in [1.29, 1.82) is 0 Å². The molecule has 1 aliphatic heterocycles. The van der Waals surface area contributed by atoms with Crippen molar-refractivity contribution in [3.05, 3.63) is 29.3 Å². The number of likely N-dealkylation sites (tertiary alicyclic amines) is 1. The van der Waals surface area contributed by atoms with Crippen molar-refractivity contribution in [3.8, 4) is 5.75 Å². The first-order valence-corrected chi connectivity index (χ1v) is 8.33. The number of nitrogens with zero attached hydrogens (tertiary/aromatic N) is 1. The van der Waals surface area contributed by atoms with Gasteiger partial charge >= 0.3 is 0 Å². The van der Waals surface area contributed by atoms with Gasteiger partial charge in [0.05, 0.1) is 19.2 Å². The van der Waals surface area contributed by atoms with Gasteiger partial charge in [-0.3, -0.25) is 9.69 Å². The van der Waals surface area contributed by atoms with Crippen LogP contribution >= 0.6 is 0 Å². The van der Waals surface area contributed by atoms with E-state index in [0.29, 0.717) is 32.2 Å². The van der Waals surface area contributed by atoms with Crippen LogP contribution < -0.4 is 10.1 Å². The van der Waals surface area contributed by atoms with E-state index >= 15 is 0 Å². The van der Waals surface area contributed by atoms with Crippen LogP contribution in [0, 0.1) is 19.8 Å². The smallest absolute Gasteiger partial charge is 0.234 e. The normalized spacial score (nSPS) is 21.9. The van der Waals surface area contributed by atoms with Crippen molar-refractivity contribution in [2.75, 3.05) is 32.8 Å². The lowest BCUT2D eigenvalue weighted by Crippen LogP contribution is -2.47. The third-order valence-corrected chi connectivity index (χ3v) is 4.45. The second-order valence-corrected chi connectivity index (χ2v) is 6.49. The average Bonchev–Trinajstić information content (AvgIpc) is 2.50. The number of hydrogen-bond acceptors (Lipinski definition) is 4. The average molecular weight is 320 g/mol. The van der Waals surface area contributed by atoms with Gasteiger partial charge in [0.15, 0.2) is 0 Å². The van der Waals surface area contributed by atoms with Crippen LogP contribution in [0.5, 0.6) is 5.75 Å². The SMILES string of the molecule is Cc1cccc(C)c1OCCNC(=O)CN1CCC(C)C(O)C1. The van der Waals surface area contributed by atoms with Crippen LogP contribution in [0.3, 0.4) is 0 Å². The summed E-state index contributed by atoms with van der Waals surface area (Å²) in [5.74, 6) is 1.20. The van der Waals surface area contributed by atoms with E-state index in [-0.39, 0.29) is 12.0 Å². The minimum atomic E-state index is -0.330. The third kappa shape index (κ3) is 5.22. The quantitative estimate of drug-likeness (QED) is 0.780. The Morgan fingerprint density at radius 1 is 1.39 bits per heavy atom. The molecule has 2 rings (SSSR count). The lowest BCUT2D eigenvalue weighted by Gasteiger charge is -2.33. The van der Waals surface area contributed by atoms with Crippen molar-refractivity contribution in [1.82, 2.24) is 10.2 Å². The van der Waals surface area contributed by atoms with Gasteiger partial charge in [0.2, 0.25) is 5.91 Å². The Bertz CT molecular complexity index is 513. The molecule has 0 aliphatic carbocycles. The largest absolute Gasteiger partial charge is 0.491 e. The number of aliphatic hydroxyl groups is 1. The van der Waals surface area contributed by atoms with Gasteiger partial charge in [0.25, 0.3) is 0 Å². The number of rotatable bonds is 6. The highest BCUT2D eigenvalue weighted by atomic mass is 16.5. The molecular formula is C18H28N2O3. The molecule has 1 aliphatic rings. The molecule has 2 atom stereocenters. The van der Waals surface area contributed by atoms with Crippen molar-refractivity contribution < 1.29 is 14.6 Å². The van der Waals surface area contributed by atoms with E-state index in [1.165, 1.54) is 0 Å². The van der Waals surface area contributed by atoms with Crippen LogP contribution in [0.1, 0.15) is 24.5 Å². The first-order valence-electron chi connectivity index (χ1n) is 8.33. The number of benzene rings is 1. The Morgan fingerprint density at radius 3 is 2.74 bits per heavy atom. The number of para-hydroxylation sites is 1. The van der Waals surface area contributed by atoms with Gasteiger partial charge in [-0.2, -0.15) is 0 Å². The van der Waals surface area contributed by atoms with E-state index in [1.807, 2.05) is 43.9 Å². The molecule has 0 saturated carbocycles. The zero-order valence-corrected chi connectivity index (χ0v) is 14.3. The molecule has 1 amide bonds. The monoisotopic (exact) mass is 320 g/mol. The van der Waals surface area contributed by atoms with Crippen molar-refractivity contribution in [3.63, 3.8) is 0 Å². The van der Waals surface area contributed by atoms with E-state index in [9.17, 15) is 9.90 Å². The van der Waals surface area contributed by atoms with E-state index in [2.05, 4.69) is 5.32 Å². The summed E-state index contributed by atoms with van der Waals surface area (Å²) in [7, 11) is 0. The molecule has 1 saturated heterocycles. The molecule has 1 aromatic carbocycles. The van der Waals surface area contributed by atoms with Crippen molar-refractivity contribution in [2.24, 2.45) is 5.92 Å². The predicted octanol–water partition coefficient (Wildman–Crippen LogP) is 1.50. The maximum Gasteiger partial charge on any atom is 0.234 e. The maximum absolute atomic E-state index is 12.0. The topological polar surface area (TPSA) is 61.8 Å². The van der Waals surface area contributed by atoms with E-state index in [1.54, 1.807) is 0 Å². The van der Waals surface area contributed by atoms with Gasteiger partial charge < -0.3 is 15.2 Å². The van der Waals surface area contributed by atoms with Crippen molar-refractivity contribution in [2.45, 2.75) is 33.3 Å². The molecule has 1 fully saturated rings. The van der Waals surface area contributed by atoms with Gasteiger partial charge in [0, 0.05) is 6.54 Å². The highest BCUT2D eigenvalue weighted by molar-refractivity contribution is 5.78. The first kappa shape index (κ1) is 17.8. The number of aliphatic hydroxyl groups excluding tert-OH is 1. The summed E-state index contributed by atoms with van der Waals surface area (Å²) < 4.78 is 5.77. The molecule has 128 valence electrons. The number of carbonyl (C=O) groups excluding carboxylic acids is 1. The Kier molecular flexibility index (Phi) is 6.42. The summed E-state index contributed by atoms with van der Waals surface area (Å²) in [5.41, 5.74) is 2.21. The molecule has 0 spiro atoms. The number of amides is 1. The van der Waals surface area contributed by atoms with Crippen LogP contribution in [-0.2, 0) is 4.79 Å². The lowest BCUT2D eigenvalue weighted by atomic mass is 9.96. The number of hydrogen-bond donors (Lipinski definition) is 2. The van der Waals surface area contributed by atoms with E-state index in [0.717, 1.165) is 29.8 Å². The second kappa shape index (κ2) is 8.31. The molecule has 23 heavy (non-hydrogen) atoms. The predicted molar refractivity (Wildman–Crippen MR) is 90.6 cm³/mol. The standard InChI is InChI=1S/C18H28N2O3/c1-13-7-9-20(11-16(13)21)12-17(22)19-8-10-23-18-14(2)5-4-6-15(18)3/h4-6,13,16,21H,7-12H2,1-3H3,(H,19,22). The highest BCUT2D eigenvalue weighted by Crippen LogP contribution is 2.21. The fourth-order valence-corrected chi connectivity index (χ4v) is 2.89. The number of β-amino-alcohol motifs (C(OH)–C–C–N with tert-alkyl or cyclic N) is 1. The van der Waals surface area contributed by atoms with Crippen LogP contribution in [0.15, 0.2) is 18.2 Å². The zero-order chi connectivity index (χ0) is 16.8. The van der Waals surface area contributed by atoms with Crippen LogP contribution in [0.25, 0.3) is 0 Å². The molecule has 2 unspecified atom stereocenters. The molecule has 1 heterocycles. The molecule has 1 aromatic rings. The molecule has 5 heteroatoms. The Morgan fingerprint density at radius 2 is 2.09 bits per heavy atom. The fourth-order valence-electron chi connectivity index (χ4n) is 2.89. The molecule has 0 bridgehead atoms. The lowest BCUT2D eigenvalue weighted by molar-refractivity contribution is -0.123. The minimum Gasteiger partial charge on any atom is -0.491 e. The van der Waals surface area contributed by atoms with Gasteiger partial charge in [-0.25, -0.2) is 0 Å². The number of piperidine rings is 1. The van der Waals surface area contributed by atoms with Gasteiger partial charge in [-0.1, -0.05) is 25.1 Å². The second-order valence-electron chi connectivity index (χ2n) is 6.49. The van der Waals surface area contributed by atoms with Crippen LogP contribution in [0.4, 0.5) is 0 Å². The highest BCUT2D eigenvalue weighted by Gasteiger charge is 2.25. The Labute approximate surface area is 138 Å². The molecule has 5 nitrogen and oxygen atoms in total. The maximum atomic E-state index is 12.0. The third-order valence-electron chi connectivity index (χ3n) is 4.45. The molecule has 0 radical (unpaired) electrons. The summed E-state index contributed by atoms with van der Waals surface area (Å²) in [5, 5.41) is 12.7. The van der Waals surface area contributed by atoms with E-state index < -0.39 is 0 Å². The summed E-state index contributed by atoms with van der Waals surface area (Å²) in [6, 6.07) is 6.04. The number of nitrogens with one attached hydrogen (secondary N) is 1. The first-order chi connectivity index (χ1) is 11.0. The molecule has 0 aromatic heterocycles. The van der Waals surface area contributed by atoms with Gasteiger partial charge in [-0.05, 0) is 43.9 Å². The van der Waals surface area contributed by atoms with Crippen LogP contribution in [0.2, 0.25) is 0 Å². The number of ether oxygens (including phenoxy) is 1. The van der Waals surface area contributed by atoms with Crippen molar-refractivity contribution >= 4 is 5.91 Å². The van der Waals surface area contributed by atoms with E-state index in [4.69, 9.17) is 4.74 Å². The molecular weight excluding hydrogens is 292 g/mol. The summed E-state index contributed by atoms with van der Waals surface area (Å²) in [6.07, 6.45) is 0.605. The Hall–Kier alpha value is -1.59. The number of carbonyl (C=O) groups is 1. The fraction of sp³-hybridized carbons (Fsp3) is 0.611. The minimum absolute atomic E-state index is 0.0168. The summed E-state index contributed by atoms with van der Waals surface area (Å²) in [6.45, 7) is 8.81. The van der Waals surface area contributed by atoms with Crippen LogP contribution in [-0.4, -0.2) is 54.8 Å². The number of aryl methyl sites for hydroxylation is 2. The van der Waals surface area contributed by atoms with Gasteiger partial charge in [0.1, 0.15) is 12.4 Å². The Balaban J connectivity index is 1.67. The van der Waals surface area contributed by atoms with Gasteiger partial charge in [-0.15, -0.1) is 0 Å². The summed E-state index contributed by atoms with van der Waals surface area (Å²) >= 11 is 0. The zero-order valence-electron chi connectivity index (χ0n) is 14.3.